The Kier molecular flexibility index (Phi) is 9.35. The highest BCUT2D eigenvalue weighted by Gasteiger charge is 2.36. The monoisotopic (exact) mass is 528 g/mol. The van der Waals surface area contributed by atoms with Crippen LogP contribution >= 0.6 is 0 Å². The molecule has 1 aliphatic rings. The van der Waals surface area contributed by atoms with Gasteiger partial charge < -0.3 is 24.3 Å². The van der Waals surface area contributed by atoms with E-state index >= 15 is 0 Å². The molecule has 1 N–H and O–H groups in total. The van der Waals surface area contributed by atoms with E-state index in [0.717, 1.165) is 29.5 Å². The summed E-state index contributed by atoms with van der Waals surface area (Å²) in [5, 5.41) is 2.93. The summed E-state index contributed by atoms with van der Waals surface area (Å²) in [6.07, 6.45) is 7.85. The summed E-state index contributed by atoms with van der Waals surface area (Å²) in [5.74, 6) is 5.09. The van der Waals surface area contributed by atoms with Crippen molar-refractivity contribution in [3.05, 3.63) is 82.9 Å². The summed E-state index contributed by atoms with van der Waals surface area (Å²) in [5.41, 5.74) is 4.25. The van der Waals surface area contributed by atoms with Gasteiger partial charge >= 0.3 is 0 Å². The average molecular weight is 529 g/mol. The van der Waals surface area contributed by atoms with Crippen molar-refractivity contribution in [1.29, 1.82) is 0 Å². The quantitative estimate of drug-likeness (QED) is 0.383. The van der Waals surface area contributed by atoms with Crippen LogP contribution in [0.4, 0.5) is 0 Å². The first-order valence-corrected chi connectivity index (χ1v) is 13.0. The number of carbonyl (C=O) groups is 1. The lowest BCUT2D eigenvalue weighted by atomic mass is 9.91. The van der Waals surface area contributed by atoms with E-state index in [1.165, 1.54) is 5.56 Å². The van der Waals surface area contributed by atoms with E-state index in [1.807, 2.05) is 48.5 Å². The Morgan fingerprint density at radius 3 is 2.28 bits per heavy atom. The van der Waals surface area contributed by atoms with Crippen molar-refractivity contribution in [2.24, 2.45) is 0 Å². The Balaban J connectivity index is 1.88. The second-order valence-corrected chi connectivity index (χ2v) is 9.39. The number of ether oxygens (including phenoxy) is 4. The van der Waals surface area contributed by atoms with Crippen molar-refractivity contribution < 1.29 is 23.7 Å². The lowest BCUT2D eigenvalue weighted by Crippen LogP contribution is -2.43. The number of terminal acetylenes is 1. The SMILES string of the molecule is C#CCNC(=O)C(c1ccccc1)N1CCCc2cc(OC)c(OC)cc2C1Cc1ccc(OC)c(OC)c1. The van der Waals surface area contributed by atoms with Crippen molar-refractivity contribution in [3.8, 4) is 35.3 Å². The Hall–Kier alpha value is -4.15. The van der Waals surface area contributed by atoms with Gasteiger partial charge in [0.15, 0.2) is 23.0 Å². The first kappa shape index (κ1) is 27.9. The molecule has 1 heterocycles. The zero-order valence-electron chi connectivity index (χ0n) is 23.0. The van der Waals surface area contributed by atoms with Crippen LogP contribution < -0.4 is 24.3 Å². The molecule has 0 bridgehead atoms. The van der Waals surface area contributed by atoms with E-state index in [4.69, 9.17) is 25.4 Å². The molecule has 2 unspecified atom stereocenters. The van der Waals surface area contributed by atoms with E-state index in [1.54, 1.807) is 28.4 Å². The largest absolute Gasteiger partial charge is 0.493 e. The highest BCUT2D eigenvalue weighted by atomic mass is 16.5. The van der Waals surface area contributed by atoms with Crippen LogP contribution in [0.2, 0.25) is 0 Å². The molecule has 3 aromatic rings. The molecule has 7 heteroatoms. The lowest BCUT2D eigenvalue weighted by molar-refractivity contribution is -0.127. The van der Waals surface area contributed by atoms with Crippen LogP contribution in [0.5, 0.6) is 23.0 Å². The number of nitrogens with zero attached hydrogens (tertiary/aromatic N) is 1. The highest BCUT2D eigenvalue weighted by Crippen LogP contribution is 2.42. The molecule has 0 aromatic heterocycles. The smallest absolute Gasteiger partial charge is 0.242 e. The topological polar surface area (TPSA) is 69.3 Å². The number of methoxy groups -OCH3 is 4. The first-order chi connectivity index (χ1) is 19.0. The minimum Gasteiger partial charge on any atom is -0.493 e. The van der Waals surface area contributed by atoms with Crippen molar-refractivity contribution in [1.82, 2.24) is 10.2 Å². The van der Waals surface area contributed by atoms with Gasteiger partial charge in [-0.15, -0.1) is 6.42 Å². The highest BCUT2D eigenvalue weighted by molar-refractivity contribution is 5.83. The molecule has 3 aromatic carbocycles. The number of hydrogen-bond acceptors (Lipinski definition) is 6. The number of amides is 1. The summed E-state index contributed by atoms with van der Waals surface area (Å²) < 4.78 is 22.4. The van der Waals surface area contributed by atoms with Crippen LogP contribution in [0, 0.1) is 12.3 Å². The van der Waals surface area contributed by atoms with Gasteiger partial charge in [0.05, 0.1) is 35.0 Å². The van der Waals surface area contributed by atoms with Gasteiger partial charge in [-0.25, -0.2) is 0 Å². The number of carbonyl (C=O) groups excluding carboxylic acids is 1. The maximum atomic E-state index is 13.7. The van der Waals surface area contributed by atoms with Crippen LogP contribution in [0.1, 0.15) is 40.8 Å². The molecule has 0 spiro atoms. The molecule has 1 aliphatic heterocycles. The Morgan fingerprint density at radius 1 is 0.949 bits per heavy atom. The molecule has 0 saturated carbocycles. The molecule has 0 radical (unpaired) electrons. The molecule has 39 heavy (non-hydrogen) atoms. The fourth-order valence-corrected chi connectivity index (χ4v) is 5.38. The van der Waals surface area contributed by atoms with Gasteiger partial charge in [-0.3, -0.25) is 9.69 Å². The summed E-state index contributed by atoms with van der Waals surface area (Å²) in [7, 11) is 6.55. The van der Waals surface area contributed by atoms with E-state index in [-0.39, 0.29) is 18.5 Å². The summed E-state index contributed by atoms with van der Waals surface area (Å²) in [6.45, 7) is 0.873. The Morgan fingerprint density at radius 2 is 1.62 bits per heavy atom. The van der Waals surface area contributed by atoms with Crippen LogP contribution in [0.15, 0.2) is 60.7 Å². The number of aryl methyl sites for hydroxylation is 1. The van der Waals surface area contributed by atoms with Gasteiger partial charge in [0, 0.05) is 12.6 Å². The second-order valence-electron chi connectivity index (χ2n) is 9.39. The van der Waals surface area contributed by atoms with Crippen LogP contribution in [0.3, 0.4) is 0 Å². The van der Waals surface area contributed by atoms with Crippen LogP contribution in [-0.2, 0) is 17.6 Å². The van der Waals surface area contributed by atoms with E-state index < -0.39 is 6.04 Å². The fourth-order valence-electron chi connectivity index (χ4n) is 5.38. The van der Waals surface area contributed by atoms with E-state index in [0.29, 0.717) is 36.0 Å². The third-order valence-electron chi connectivity index (χ3n) is 7.20. The zero-order chi connectivity index (χ0) is 27.8. The Bertz CT molecular complexity index is 1320. The summed E-state index contributed by atoms with van der Waals surface area (Å²) >= 11 is 0. The normalized spacial score (nSPS) is 15.7. The van der Waals surface area contributed by atoms with Gasteiger partial charge in [0.1, 0.15) is 6.04 Å². The molecule has 0 fully saturated rings. The van der Waals surface area contributed by atoms with Crippen molar-refractivity contribution >= 4 is 5.91 Å². The molecular formula is C32H36N2O5. The molecule has 4 rings (SSSR count). The average Bonchev–Trinajstić information content (AvgIpc) is 3.14. The third kappa shape index (κ3) is 6.13. The minimum absolute atomic E-state index is 0.125. The van der Waals surface area contributed by atoms with Crippen LogP contribution in [0.25, 0.3) is 0 Å². The number of benzene rings is 3. The van der Waals surface area contributed by atoms with Crippen molar-refractivity contribution in [2.45, 2.75) is 31.3 Å². The number of nitrogens with one attached hydrogen (secondary N) is 1. The molecule has 7 nitrogen and oxygen atoms in total. The van der Waals surface area contributed by atoms with Gasteiger partial charge in [0.2, 0.25) is 5.91 Å². The standard InChI is InChI=1S/C32H36N2O5/c1-6-16-33-32(35)31(23-11-8-7-9-12-23)34-17-10-13-24-20-29(38-4)30(39-5)21-25(24)26(34)18-22-14-15-27(36-2)28(19-22)37-3/h1,7-9,11-12,14-15,19-21,26,31H,10,13,16-18H2,2-5H3,(H,33,35). The molecule has 0 aliphatic carbocycles. The molecule has 204 valence electrons. The van der Waals surface area contributed by atoms with E-state index in [2.05, 4.69) is 28.3 Å². The van der Waals surface area contributed by atoms with Crippen molar-refractivity contribution in [2.75, 3.05) is 41.5 Å². The maximum absolute atomic E-state index is 13.7. The van der Waals surface area contributed by atoms with Gasteiger partial charge in [-0.2, -0.15) is 0 Å². The number of hydrogen-bond donors (Lipinski definition) is 1. The maximum Gasteiger partial charge on any atom is 0.242 e. The van der Waals surface area contributed by atoms with E-state index in [9.17, 15) is 4.79 Å². The molecule has 0 saturated heterocycles. The second kappa shape index (κ2) is 13.1. The summed E-state index contributed by atoms with van der Waals surface area (Å²) in [6, 6.07) is 19.2. The third-order valence-corrected chi connectivity index (χ3v) is 7.20. The predicted molar refractivity (Wildman–Crippen MR) is 152 cm³/mol. The van der Waals surface area contributed by atoms with Gasteiger partial charge in [-0.05, 0) is 65.8 Å². The molecular weight excluding hydrogens is 492 g/mol. The number of rotatable bonds is 10. The van der Waals surface area contributed by atoms with Crippen molar-refractivity contribution in [3.63, 3.8) is 0 Å². The van der Waals surface area contributed by atoms with Gasteiger partial charge in [-0.1, -0.05) is 42.3 Å². The minimum atomic E-state index is -0.538. The van der Waals surface area contributed by atoms with Gasteiger partial charge in [0.25, 0.3) is 0 Å². The predicted octanol–water partition coefficient (Wildman–Crippen LogP) is 4.74. The fraction of sp³-hybridized carbons (Fsp3) is 0.344. The Labute approximate surface area is 231 Å². The lowest BCUT2D eigenvalue weighted by Gasteiger charge is -2.37. The molecule has 1 amide bonds. The summed E-state index contributed by atoms with van der Waals surface area (Å²) in [4.78, 5) is 16.0. The molecule has 2 atom stereocenters. The number of fused-ring (bicyclic) bond motifs is 1. The zero-order valence-corrected chi connectivity index (χ0v) is 23.0. The first-order valence-electron chi connectivity index (χ1n) is 13.0. The van der Waals surface area contributed by atoms with Crippen LogP contribution in [-0.4, -0.2) is 52.3 Å².